The molecule has 3 aromatic carbocycles. The lowest BCUT2D eigenvalue weighted by Gasteiger charge is -2.16. The maximum atomic E-state index is 13.0. The van der Waals surface area contributed by atoms with E-state index < -0.39 is 10.0 Å². The summed E-state index contributed by atoms with van der Waals surface area (Å²) in [5.41, 5.74) is 3.48. The van der Waals surface area contributed by atoms with Crippen molar-refractivity contribution in [3.63, 3.8) is 0 Å². The van der Waals surface area contributed by atoms with Crippen LogP contribution in [0.3, 0.4) is 0 Å². The van der Waals surface area contributed by atoms with E-state index in [0.717, 1.165) is 16.7 Å². The first-order valence-corrected chi connectivity index (χ1v) is 12.7. The SMILES string of the molecule is COc1cc(-c2cc(C)ccc2Cl)ccc1-n1c(=O)ccc2cc(S(=O)(=O)Nc3ccon3)ccc21. The van der Waals surface area contributed by atoms with Crippen LogP contribution >= 0.6 is 11.6 Å². The lowest BCUT2D eigenvalue weighted by atomic mass is 10.0. The van der Waals surface area contributed by atoms with Crippen LogP contribution in [0.5, 0.6) is 5.75 Å². The zero-order valence-electron chi connectivity index (χ0n) is 19.2. The van der Waals surface area contributed by atoms with Gasteiger partial charge in [0.1, 0.15) is 12.0 Å². The molecule has 5 rings (SSSR count). The largest absolute Gasteiger partial charge is 0.495 e. The van der Waals surface area contributed by atoms with Crippen LogP contribution < -0.4 is 15.0 Å². The van der Waals surface area contributed by atoms with Crippen LogP contribution in [0.2, 0.25) is 5.02 Å². The van der Waals surface area contributed by atoms with E-state index in [2.05, 4.69) is 14.4 Å². The molecule has 0 unspecified atom stereocenters. The van der Waals surface area contributed by atoms with Crippen molar-refractivity contribution >= 4 is 38.3 Å². The van der Waals surface area contributed by atoms with Crippen molar-refractivity contribution in [1.29, 1.82) is 0 Å². The summed E-state index contributed by atoms with van der Waals surface area (Å²) in [5, 5.41) is 4.73. The van der Waals surface area contributed by atoms with Crippen LogP contribution in [0.15, 0.2) is 93.3 Å². The molecule has 2 aromatic heterocycles. The molecule has 0 aliphatic rings. The number of sulfonamides is 1. The fourth-order valence-electron chi connectivity index (χ4n) is 3.99. The molecule has 0 radical (unpaired) electrons. The molecule has 2 heterocycles. The van der Waals surface area contributed by atoms with Crippen LogP contribution in [-0.4, -0.2) is 25.3 Å². The van der Waals surface area contributed by atoms with Crippen molar-refractivity contribution in [3.05, 3.63) is 100.0 Å². The topological polar surface area (TPSA) is 103 Å². The predicted octanol–water partition coefficient (Wildman–Crippen LogP) is 5.42. The monoisotopic (exact) mass is 521 g/mol. The van der Waals surface area contributed by atoms with Crippen LogP contribution in [-0.2, 0) is 10.0 Å². The van der Waals surface area contributed by atoms with E-state index in [1.54, 1.807) is 18.2 Å². The highest BCUT2D eigenvalue weighted by molar-refractivity contribution is 7.92. The van der Waals surface area contributed by atoms with Gasteiger partial charge in [0.15, 0.2) is 5.82 Å². The van der Waals surface area contributed by atoms with Gasteiger partial charge < -0.3 is 9.26 Å². The molecule has 0 bridgehead atoms. The predicted molar refractivity (Wildman–Crippen MR) is 139 cm³/mol. The highest BCUT2D eigenvalue weighted by atomic mass is 35.5. The molecule has 0 aliphatic carbocycles. The van der Waals surface area contributed by atoms with Crippen LogP contribution in [0, 0.1) is 6.92 Å². The number of pyridine rings is 1. The molecule has 0 saturated heterocycles. The third kappa shape index (κ3) is 4.34. The van der Waals surface area contributed by atoms with Crippen molar-refractivity contribution < 1.29 is 17.7 Å². The Balaban J connectivity index is 1.62. The molecule has 182 valence electrons. The number of anilines is 1. The number of hydrogen-bond acceptors (Lipinski definition) is 6. The molecule has 10 heteroatoms. The lowest BCUT2D eigenvalue weighted by Crippen LogP contribution is -2.18. The lowest BCUT2D eigenvalue weighted by molar-refractivity contribution is 0.413. The molecule has 0 saturated carbocycles. The van der Waals surface area contributed by atoms with E-state index in [0.29, 0.717) is 27.4 Å². The van der Waals surface area contributed by atoms with Gasteiger partial charge in [-0.1, -0.05) is 34.5 Å². The van der Waals surface area contributed by atoms with Gasteiger partial charge in [-0.05, 0) is 61.0 Å². The molecule has 0 aliphatic heterocycles. The third-order valence-corrected chi connectivity index (χ3v) is 7.39. The minimum absolute atomic E-state index is 0.0135. The maximum Gasteiger partial charge on any atom is 0.263 e. The van der Waals surface area contributed by atoms with Gasteiger partial charge in [-0.15, -0.1) is 0 Å². The summed E-state index contributed by atoms with van der Waals surface area (Å²) in [6.45, 7) is 1.98. The number of benzene rings is 3. The minimum atomic E-state index is -3.92. The molecule has 0 atom stereocenters. The number of nitrogens with one attached hydrogen (secondary N) is 1. The standard InChI is InChI=1S/C26H20ClN3O5S/c1-16-3-7-21(27)20(13-16)17-4-8-23(24(15-17)34-2)30-22-9-6-19(14-18(22)5-10-26(30)31)36(32,33)29-25-11-12-35-28-25/h3-15H,1-2H3,(H,28,29). The summed E-state index contributed by atoms with van der Waals surface area (Å²) < 4.78 is 39.8. The normalized spacial score (nSPS) is 11.5. The Morgan fingerprint density at radius 1 is 1.00 bits per heavy atom. The maximum absolute atomic E-state index is 13.0. The molecular formula is C26H20ClN3O5S. The molecule has 8 nitrogen and oxygen atoms in total. The number of nitrogens with zero attached hydrogens (tertiary/aromatic N) is 2. The summed E-state index contributed by atoms with van der Waals surface area (Å²) >= 11 is 6.42. The molecule has 0 spiro atoms. The first-order valence-electron chi connectivity index (χ1n) is 10.8. The molecule has 1 N–H and O–H groups in total. The molecule has 5 aromatic rings. The fraction of sp³-hybridized carbons (Fsp3) is 0.0769. The van der Waals surface area contributed by atoms with E-state index in [1.807, 2.05) is 37.3 Å². The Morgan fingerprint density at radius 2 is 1.83 bits per heavy atom. The van der Waals surface area contributed by atoms with Crippen molar-refractivity contribution in [1.82, 2.24) is 9.72 Å². The van der Waals surface area contributed by atoms with Gasteiger partial charge in [-0.25, -0.2) is 8.42 Å². The van der Waals surface area contributed by atoms with Gasteiger partial charge in [-0.3, -0.25) is 14.1 Å². The van der Waals surface area contributed by atoms with Gasteiger partial charge in [0.25, 0.3) is 15.6 Å². The van der Waals surface area contributed by atoms with Gasteiger partial charge in [0, 0.05) is 28.1 Å². The van der Waals surface area contributed by atoms with Crippen molar-refractivity contribution in [2.75, 3.05) is 11.8 Å². The van der Waals surface area contributed by atoms with E-state index in [9.17, 15) is 13.2 Å². The number of aryl methyl sites for hydroxylation is 1. The first-order chi connectivity index (χ1) is 17.3. The Bertz CT molecular complexity index is 1760. The number of rotatable bonds is 6. The van der Waals surface area contributed by atoms with E-state index in [-0.39, 0.29) is 16.3 Å². The summed E-state index contributed by atoms with van der Waals surface area (Å²) in [5.74, 6) is 0.530. The Labute approximate surface area is 211 Å². The Morgan fingerprint density at radius 3 is 2.58 bits per heavy atom. The third-order valence-electron chi connectivity index (χ3n) is 5.71. The summed E-state index contributed by atoms with van der Waals surface area (Å²) in [7, 11) is -2.39. The minimum Gasteiger partial charge on any atom is -0.495 e. The quantitative estimate of drug-likeness (QED) is 0.320. The smallest absolute Gasteiger partial charge is 0.263 e. The van der Waals surface area contributed by atoms with Gasteiger partial charge in [0.05, 0.1) is 23.2 Å². The van der Waals surface area contributed by atoms with Gasteiger partial charge >= 0.3 is 0 Å². The summed E-state index contributed by atoms with van der Waals surface area (Å²) in [6, 6.07) is 20.1. The Hall–Kier alpha value is -4.08. The van der Waals surface area contributed by atoms with Gasteiger partial charge in [0.2, 0.25) is 0 Å². The molecule has 36 heavy (non-hydrogen) atoms. The first kappa shape index (κ1) is 23.7. The van der Waals surface area contributed by atoms with Crippen LogP contribution in [0.25, 0.3) is 27.7 Å². The number of ether oxygens (including phenoxy) is 1. The number of aromatic nitrogens is 2. The molecular weight excluding hydrogens is 502 g/mol. The summed E-state index contributed by atoms with van der Waals surface area (Å²) in [4.78, 5) is 13.0. The van der Waals surface area contributed by atoms with Gasteiger partial charge in [-0.2, -0.15) is 0 Å². The second kappa shape index (κ2) is 9.18. The van der Waals surface area contributed by atoms with Crippen LogP contribution in [0.4, 0.5) is 5.82 Å². The number of halogens is 1. The highest BCUT2D eigenvalue weighted by Gasteiger charge is 2.18. The number of hydrogen-bond donors (Lipinski definition) is 1. The zero-order chi connectivity index (χ0) is 25.4. The van der Waals surface area contributed by atoms with Crippen molar-refractivity contribution in [2.45, 2.75) is 11.8 Å². The summed E-state index contributed by atoms with van der Waals surface area (Å²) in [6.07, 6.45) is 1.27. The number of fused-ring (bicyclic) bond motifs is 1. The molecule has 0 fully saturated rings. The van der Waals surface area contributed by atoms with E-state index in [4.69, 9.17) is 16.3 Å². The second-order valence-corrected chi connectivity index (χ2v) is 10.2. The second-order valence-electron chi connectivity index (χ2n) is 8.09. The molecule has 0 amide bonds. The van der Waals surface area contributed by atoms with Crippen LogP contribution in [0.1, 0.15) is 5.56 Å². The average molecular weight is 522 g/mol. The Kier molecular flexibility index (Phi) is 6.03. The van der Waals surface area contributed by atoms with E-state index >= 15 is 0 Å². The zero-order valence-corrected chi connectivity index (χ0v) is 20.8. The van der Waals surface area contributed by atoms with Crippen molar-refractivity contribution in [3.8, 4) is 22.6 Å². The average Bonchev–Trinajstić information content (AvgIpc) is 3.37. The number of methoxy groups -OCH3 is 1. The van der Waals surface area contributed by atoms with Crippen molar-refractivity contribution in [2.24, 2.45) is 0 Å². The van der Waals surface area contributed by atoms with E-state index in [1.165, 1.54) is 42.2 Å². The highest BCUT2D eigenvalue weighted by Crippen LogP contribution is 2.34. The fourth-order valence-corrected chi connectivity index (χ4v) is 5.25.